The van der Waals surface area contributed by atoms with Crippen LogP contribution in [0.1, 0.15) is 53.9 Å². The number of rotatable bonds is 11. The maximum atomic E-state index is 11.9. The van der Waals surface area contributed by atoms with Gasteiger partial charge in [-0.1, -0.05) is 34.6 Å². The summed E-state index contributed by atoms with van der Waals surface area (Å²) in [5.41, 5.74) is 0. The quantitative estimate of drug-likeness (QED) is 0.586. The first-order valence-electron chi connectivity index (χ1n) is 8.20. The molecule has 0 aliphatic heterocycles. The first kappa shape index (κ1) is 21.4. The Hall–Kier alpha value is -1.59. The summed E-state index contributed by atoms with van der Waals surface area (Å²) in [5, 5.41) is 9.25. The zero-order valence-corrected chi connectivity index (χ0v) is 14.8. The molecule has 0 aromatic heterocycles. The van der Waals surface area contributed by atoms with Crippen molar-refractivity contribution in [1.29, 1.82) is 0 Å². The number of carboxylic acid groups (broad SMARTS) is 1. The van der Waals surface area contributed by atoms with Gasteiger partial charge in [-0.2, -0.15) is 0 Å². The van der Waals surface area contributed by atoms with E-state index in [-0.39, 0.29) is 19.6 Å². The van der Waals surface area contributed by atoms with E-state index in [1.165, 1.54) is 6.92 Å². The molecule has 0 aliphatic rings. The summed E-state index contributed by atoms with van der Waals surface area (Å²) in [5.74, 6) is -3.62. The van der Waals surface area contributed by atoms with Gasteiger partial charge in [0.25, 0.3) is 0 Å². The van der Waals surface area contributed by atoms with Crippen molar-refractivity contribution in [3.05, 3.63) is 0 Å². The lowest BCUT2D eigenvalue weighted by Gasteiger charge is -2.19. The fourth-order valence-corrected chi connectivity index (χ4v) is 1.82. The predicted octanol–water partition coefficient (Wildman–Crippen LogP) is 2.89. The molecule has 134 valence electrons. The number of hydrogen-bond donors (Lipinski definition) is 1. The van der Waals surface area contributed by atoms with Crippen LogP contribution in [0.4, 0.5) is 0 Å². The van der Waals surface area contributed by atoms with Crippen molar-refractivity contribution in [2.24, 2.45) is 23.7 Å². The van der Waals surface area contributed by atoms with Crippen molar-refractivity contribution >= 4 is 17.9 Å². The summed E-state index contributed by atoms with van der Waals surface area (Å²) < 4.78 is 10.1. The third kappa shape index (κ3) is 9.92. The van der Waals surface area contributed by atoms with Gasteiger partial charge in [-0.3, -0.25) is 14.4 Å². The van der Waals surface area contributed by atoms with Crippen LogP contribution in [0.25, 0.3) is 0 Å². The van der Waals surface area contributed by atoms with Gasteiger partial charge in [0.2, 0.25) is 0 Å². The van der Waals surface area contributed by atoms with Crippen LogP contribution in [0.5, 0.6) is 0 Å². The number of carbonyl (C=O) groups is 3. The van der Waals surface area contributed by atoms with E-state index in [0.29, 0.717) is 18.3 Å². The summed E-state index contributed by atoms with van der Waals surface area (Å²) in [7, 11) is 0. The standard InChI is InChI=1S/C17H30O6/c1-11(2)6-8-22-15(18)10-14(16(19)20)13(5)17(21)23-9-7-12(3)4/h11-14H,6-10H2,1-5H3,(H,19,20). The molecule has 1 N–H and O–H groups in total. The molecule has 0 radical (unpaired) electrons. The number of carboxylic acids is 1. The van der Waals surface area contributed by atoms with Gasteiger partial charge in [-0.15, -0.1) is 0 Å². The third-order valence-electron chi connectivity index (χ3n) is 3.58. The van der Waals surface area contributed by atoms with Gasteiger partial charge >= 0.3 is 17.9 Å². The zero-order valence-electron chi connectivity index (χ0n) is 14.8. The molecule has 0 aromatic rings. The van der Waals surface area contributed by atoms with E-state index in [1.54, 1.807) is 0 Å². The second kappa shape index (κ2) is 11.0. The second-order valence-electron chi connectivity index (χ2n) is 6.69. The van der Waals surface area contributed by atoms with Gasteiger partial charge in [0.15, 0.2) is 0 Å². The van der Waals surface area contributed by atoms with Crippen LogP contribution in [-0.2, 0) is 23.9 Å². The normalized spacial score (nSPS) is 13.7. The van der Waals surface area contributed by atoms with Crippen LogP contribution in [0.2, 0.25) is 0 Å². The van der Waals surface area contributed by atoms with Crippen LogP contribution in [0.3, 0.4) is 0 Å². The van der Waals surface area contributed by atoms with Crippen molar-refractivity contribution in [2.45, 2.75) is 53.9 Å². The number of carbonyl (C=O) groups excluding carboxylic acids is 2. The summed E-state index contributed by atoms with van der Waals surface area (Å²) in [6.45, 7) is 10.0. The third-order valence-corrected chi connectivity index (χ3v) is 3.58. The van der Waals surface area contributed by atoms with Crippen molar-refractivity contribution in [3.63, 3.8) is 0 Å². The van der Waals surface area contributed by atoms with E-state index >= 15 is 0 Å². The Bertz CT molecular complexity index is 389. The van der Waals surface area contributed by atoms with Crippen molar-refractivity contribution in [2.75, 3.05) is 13.2 Å². The number of aliphatic carboxylic acids is 1. The Morgan fingerprint density at radius 1 is 0.870 bits per heavy atom. The molecular formula is C17H30O6. The van der Waals surface area contributed by atoms with Crippen LogP contribution in [0, 0.1) is 23.7 Å². The molecule has 0 spiro atoms. The minimum atomic E-state index is -1.20. The Morgan fingerprint density at radius 3 is 1.78 bits per heavy atom. The molecule has 23 heavy (non-hydrogen) atoms. The molecule has 6 heteroatoms. The highest BCUT2D eigenvalue weighted by Crippen LogP contribution is 2.19. The molecule has 2 unspecified atom stereocenters. The predicted molar refractivity (Wildman–Crippen MR) is 85.7 cm³/mol. The van der Waals surface area contributed by atoms with Crippen molar-refractivity contribution < 1.29 is 29.0 Å². The highest BCUT2D eigenvalue weighted by atomic mass is 16.5. The Kier molecular flexibility index (Phi) is 10.3. The maximum Gasteiger partial charge on any atom is 0.309 e. The average molecular weight is 330 g/mol. The molecule has 2 atom stereocenters. The largest absolute Gasteiger partial charge is 0.481 e. The van der Waals surface area contributed by atoms with Gasteiger partial charge in [0.1, 0.15) is 0 Å². The molecule has 0 heterocycles. The van der Waals surface area contributed by atoms with E-state index in [9.17, 15) is 19.5 Å². The van der Waals surface area contributed by atoms with Crippen LogP contribution in [-0.4, -0.2) is 36.2 Å². The Morgan fingerprint density at radius 2 is 1.35 bits per heavy atom. The first-order chi connectivity index (χ1) is 10.6. The first-order valence-corrected chi connectivity index (χ1v) is 8.20. The number of esters is 2. The summed E-state index contributed by atoms with van der Waals surface area (Å²) in [6, 6.07) is 0. The minimum absolute atomic E-state index is 0.256. The van der Waals surface area contributed by atoms with Gasteiger partial charge < -0.3 is 14.6 Å². The van der Waals surface area contributed by atoms with Crippen molar-refractivity contribution in [3.8, 4) is 0 Å². The van der Waals surface area contributed by atoms with Gasteiger partial charge in [-0.05, 0) is 24.7 Å². The summed E-state index contributed by atoms with van der Waals surface area (Å²) >= 11 is 0. The van der Waals surface area contributed by atoms with Crippen molar-refractivity contribution in [1.82, 2.24) is 0 Å². The lowest BCUT2D eigenvalue weighted by Crippen LogP contribution is -2.32. The maximum absolute atomic E-state index is 11.9. The Balaban J connectivity index is 4.44. The minimum Gasteiger partial charge on any atom is -0.481 e. The van der Waals surface area contributed by atoms with E-state index in [4.69, 9.17) is 9.47 Å². The van der Waals surface area contributed by atoms with E-state index in [0.717, 1.165) is 6.42 Å². The topological polar surface area (TPSA) is 89.9 Å². The molecule has 6 nitrogen and oxygen atoms in total. The molecule has 0 saturated carbocycles. The SMILES string of the molecule is CC(C)CCOC(=O)CC(C(=O)O)C(C)C(=O)OCCC(C)C. The fourth-order valence-electron chi connectivity index (χ4n) is 1.82. The van der Waals surface area contributed by atoms with E-state index in [2.05, 4.69) is 0 Å². The van der Waals surface area contributed by atoms with Gasteiger partial charge in [0, 0.05) is 0 Å². The highest BCUT2D eigenvalue weighted by molar-refractivity contribution is 5.84. The fraction of sp³-hybridized carbons (Fsp3) is 0.824. The van der Waals surface area contributed by atoms with E-state index < -0.39 is 29.7 Å². The van der Waals surface area contributed by atoms with E-state index in [1.807, 2.05) is 27.7 Å². The van der Waals surface area contributed by atoms with Crippen LogP contribution >= 0.6 is 0 Å². The molecule has 0 fully saturated rings. The monoisotopic (exact) mass is 330 g/mol. The molecule has 0 aromatic carbocycles. The second-order valence-corrected chi connectivity index (χ2v) is 6.69. The molecule has 0 saturated heterocycles. The molecule has 0 rings (SSSR count). The van der Waals surface area contributed by atoms with Gasteiger partial charge in [0.05, 0.1) is 31.5 Å². The lowest BCUT2D eigenvalue weighted by atomic mass is 9.91. The number of hydrogen-bond acceptors (Lipinski definition) is 5. The smallest absolute Gasteiger partial charge is 0.309 e. The lowest BCUT2D eigenvalue weighted by molar-refractivity contribution is -0.160. The van der Waals surface area contributed by atoms with Crippen LogP contribution in [0.15, 0.2) is 0 Å². The van der Waals surface area contributed by atoms with Gasteiger partial charge in [-0.25, -0.2) is 0 Å². The summed E-state index contributed by atoms with van der Waals surface area (Å²) in [6.07, 6.45) is 1.11. The molecule has 0 amide bonds. The van der Waals surface area contributed by atoms with Crippen LogP contribution < -0.4 is 0 Å². The summed E-state index contributed by atoms with van der Waals surface area (Å²) in [4.78, 5) is 35.0. The molecule has 0 bridgehead atoms. The zero-order chi connectivity index (χ0) is 18.0. The highest BCUT2D eigenvalue weighted by Gasteiger charge is 2.33. The number of ether oxygens (including phenoxy) is 2. The molecular weight excluding hydrogens is 300 g/mol. The molecule has 0 aliphatic carbocycles. The average Bonchev–Trinajstić information content (AvgIpc) is 2.42. The Labute approximate surface area is 138 Å².